The van der Waals surface area contributed by atoms with Gasteiger partial charge < -0.3 is 14.8 Å². The van der Waals surface area contributed by atoms with Crippen LogP contribution in [0.1, 0.15) is 34.6 Å². The van der Waals surface area contributed by atoms with Crippen molar-refractivity contribution in [2.24, 2.45) is 0 Å². The Balaban J connectivity index is 1.39. The molecular formula is C25H24FN5O. The third kappa shape index (κ3) is 3.82. The maximum atomic E-state index is 14.7. The number of anilines is 1. The second kappa shape index (κ2) is 8.42. The lowest BCUT2D eigenvalue weighted by Crippen LogP contribution is -2.28. The summed E-state index contributed by atoms with van der Waals surface area (Å²) >= 11 is 0. The van der Waals surface area contributed by atoms with Gasteiger partial charge in [-0.3, -0.25) is 4.79 Å². The quantitative estimate of drug-likeness (QED) is 0.511. The van der Waals surface area contributed by atoms with Crippen LogP contribution in [-0.2, 0) is 6.54 Å². The van der Waals surface area contributed by atoms with E-state index in [2.05, 4.69) is 15.2 Å². The fourth-order valence-corrected chi connectivity index (χ4v) is 4.21. The van der Waals surface area contributed by atoms with E-state index < -0.39 is 0 Å². The van der Waals surface area contributed by atoms with Gasteiger partial charge in [-0.25, -0.2) is 14.4 Å². The summed E-state index contributed by atoms with van der Waals surface area (Å²) in [5.41, 5.74) is 2.55. The molecule has 4 aromatic rings. The SMILES string of the molecule is Cc1nccn1-c1ccc(CNC(=O)c2cc3ccccc3nc2N2CCCC2)cc1F. The summed E-state index contributed by atoms with van der Waals surface area (Å²) in [7, 11) is 0. The Bertz CT molecular complexity index is 1290. The number of nitrogens with zero attached hydrogens (tertiary/aromatic N) is 4. The standard InChI is InChI=1S/C25H24FN5O/c1-17-27-10-13-31(17)23-9-8-18(14-21(23)26)16-28-25(32)20-15-19-6-2-3-7-22(19)29-24(20)30-11-4-5-12-30/h2-3,6-10,13-15H,4-5,11-12,16H2,1H3,(H,28,32). The van der Waals surface area contributed by atoms with Gasteiger partial charge in [-0.15, -0.1) is 0 Å². The van der Waals surface area contributed by atoms with E-state index in [0.29, 0.717) is 22.6 Å². The van der Waals surface area contributed by atoms with Gasteiger partial charge >= 0.3 is 0 Å². The van der Waals surface area contributed by atoms with Crippen LogP contribution in [0, 0.1) is 12.7 Å². The fourth-order valence-electron chi connectivity index (χ4n) is 4.21. The molecule has 1 fully saturated rings. The fraction of sp³-hybridized carbons (Fsp3) is 0.240. The van der Waals surface area contributed by atoms with E-state index in [1.165, 1.54) is 6.07 Å². The van der Waals surface area contributed by atoms with Gasteiger partial charge in [0.25, 0.3) is 5.91 Å². The van der Waals surface area contributed by atoms with Gasteiger partial charge in [-0.2, -0.15) is 0 Å². The maximum Gasteiger partial charge on any atom is 0.255 e. The predicted octanol–water partition coefficient (Wildman–Crippen LogP) is 4.40. The zero-order chi connectivity index (χ0) is 22.1. The van der Waals surface area contributed by atoms with Crippen molar-refractivity contribution in [1.82, 2.24) is 19.9 Å². The Morgan fingerprint density at radius 2 is 1.94 bits per heavy atom. The molecule has 5 rings (SSSR count). The molecule has 0 bridgehead atoms. The average molecular weight is 429 g/mol. The summed E-state index contributed by atoms with van der Waals surface area (Å²) in [6, 6.07) is 14.7. The minimum atomic E-state index is -0.358. The van der Waals surface area contributed by atoms with Crippen LogP contribution in [0.25, 0.3) is 16.6 Å². The number of para-hydroxylation sites is 1. The van der Waals surface area contributed by atoms with E-state index in [9.17, 15) is 9.18 Å². The van der Waals surface area contributed by atoms with Crippen molar-refractivity contribution >= 4 is 22.6 Å². The van der Waals surface area contributed by atoms with Crippen molar-refractivity contribution in [3.8, 4) is 5.69 Å². The first-order chi connectivity index (χ1) is 15.6. The number of nitrogens with one attached hydrogen (secondary N) is 1. The highest BCUT2D eigenvalue weighted by atomic mass is 19.1. The topological polar surface area (TPSA) is 63.1 Å². The van der Waals surface area contributed by atoms with Crippen LogP contribution in [0.3, 0.4) is 0 Å². The summed E-state index contributed by atoms with van der Waals surface area (Å²) in [5, 5.41) is 3.87. The van der Waals surface area contributed by atoms with E-state index in [1.807, 2.05) is 43.3 Å². The highest BCUT2D eigenvalue weighted by molar-refractivity contribution is 6.02. The monoisotopic (exact) mass is 429 g/mol. The number of aromatic nitrogens is 3. The van der Waals surface area contributed by atoms with Gasteiger partial charge in [0.05, 0.1) is 16.8 Å². The molecule has 1 saturated heterocycles. The number of benzene rings is 2. The van der Waals surface area contributed by atoms with E-state index in [0.717, 1.165) is 42.7 Å². The number of hydrogen-bond acceptors (Lipinski definition) is 4. The van der Waals surface area contributed by atoms with Gasteiger partial charge in [0.1, 0.15) is 17.5 Å². The number of imidazole rings is 1. The Kier molecular flexibility index (Phi) is 5.31. The number of carbonyl (C=O) groups is 1. The highest BCUT2D eigenvalue weighted by Crippen LogP contribution is 2.27. The van der Waals surface area contributed by atoms with Crippen molar-refractivity contribution in [1.29, 1.82) is 0 Å². The van der Waals surface area contributed by atoms with E-state index in [4.69, 9.17) is 4.98 Å². The molecule has 2 aromatic heterocycles. The number of fused-ring (bicyclic) bond motifs is 1. The number of pyridine rings is 1. The molecule has 1 N–H and O–H groups in total. The van der Waals surface area contributed by atoms with Crippen LogP contribution in [0.2, 0.25) is 0 Å². The van der Waals surface area contributed by atoms with Gasteiger partial charge in [0.2, 0.25) is 0 Å². The van der Waals surface area contributed by atoms with Crippen LogP contribution in [0.4, 0.5) is 10.2 Å². The lowest BCUT2D eigenvalue weighted by atomic mass is 10.1. The smallest absolute Gasteiger partial charge is 0.255 e. The second-order valence-electron chi connectivity index (χ2n) is 8.06. The number of halogens is 1. The zero-order valence-corrected chi connectivity index (χ0v) is 17.9. The van der Waals surface area contributed by atoms with Crippen molar-refractivity contribution in [3.63, 3.8) is 0 Å². The first kappa shape index (κ1) is 20.2. The molecule has 0 radical (unpaired) electrons. The first-order valence-electron chi connectivity index (χ1n) is 10.8. The lowest BCUT2D eigenvalue weighted by Gasteiger charge is -2.20. The molecule has 32 heavy (non-hydrogen) atoms. The van der Waals surface area contributed by atoms with Crippen LogP contribution >= 0.6 is 0 Å². The summed E-state index contributed by atoms with van der Waals surface area (Å²) in [4.78, 5) is 24.2. The average Bonchev–Trinajstić information content (AvgIpc) is 3.49. The van der Waals surface area contributed by atoms with Crippen molar-refractivity contribution in [2.75, 3.05) is 18.0 Å². The normalized spacial score (nSPS) is 13.6. The van der Waals surface area contributed by atoms with E-state index in [1.54, 1.807) is 23.0 Å². The number of carbonyl (C=O) groups excluding carboxylic acids is 1. The first-order valence-corrected chi connectivity index (χ1v) is 10.8. The molecule has 0 saturated carbocycles. The molecule has 0 unspecified atom stereocenters. The second-order valence-corrected chi connectivity index (χ2v) is 8.06. The molecule has 1 aliphatic heterocycles. The Morgan fingerprint density at radius 1 is 1.12 bits per heavy atom. The largest absolute Gasteiger partial charge is 0.356 e. The van der Waals surface area contributed by atoms with E-state index in [-0.39, 0.29) is 18.3 Å². The van der Waals surface area contributed by atoms with Gasteiger partial charge in [-0.05, 0) is 49.6 Å². The summed E-state index contributed by atoms with van der Waals surface area (Å²) < 4.78 is 16.4. The minimum absolute atomic E-state index is 0.208. The Hall–Kier alpha value is -3.74. The van der Waals surface area contributed by atoms with Crippen LogP contribution in [-0.4, -0.2) is 33.5 Å². The molecule has 3 heterocycles. The van der Waals surface area contributed by atoms with Crippen LogP contribution < -0.4 is 10.2 Å². The molecule has 6 nitrogen and oxygen atoms in total. The lowest BCUT2D eigenvalue weighted by molar-refractivity contribution is 0.0951. The number of hydrogen-bond donors (Lipinski definition) is 1. The predicted molar refractivity (Wildman–Crippen MR) is 123 cm³/mol. The zero-order valence-electron chi connectivity index (χ0n) is 17.9. The van der Waals surface area contributed by atoms with Gasteiger partial charge in [-0.1, -0.05) is 24.3 Å². The molecule has 0 aliphatic carbocycles. The molecule has 1 amide bonds. The molecule has 1 aliphatic rings. The molecule has 0 atom stereocenters. The Labute approximate surface area is 185 Å². The molecule has 162 valence electrons. The maximum absolute atomic E-state index is 14.7. The Morgan fingerprint density at radius 3 is 2.69 bits per heavy atom. The van der Waals surface area contributed by atoms with Crippen molar-refractivity contribution < 1.29 is 9.18 Å². The van der Waals surface area contributed by atoms with Gasteiger partial charge in [0, 0.05) is 37.4 Å². The molecule has 0 spiro atoms. The number of rotatable bonds is 5. The van der Waals surface area contributed by atoms with Gasteiger partial charge in [0.15, 0.2) is 0 Å². The summed E-state index contributed by atoms with van der Waals surface area (Å²) in [6.45, 7) is 3.84. The third-order valence-corrected chi connectivity index (χ3v) is 5.90. The molecular weight excluding hydrogens is 405 g/mol. The summed E-state index contributed by atoms with van der Waals surface area (Å²) in [6.07, 6.45) is 5.55. The molecule has 2 aromatic carbocycles. The molecule has 7 heteroatoms. The van der Waals surface area contributed by atoms with Crippen molar-refractivity contribution in [2.45, 2.75) is 26.3 Å². The van der Waals surface area contributed by atoms with Crippen LogP contribution in [0.5, 0.6) is 0 Å². The number of amides is 1. The summed E-state index contributed by atoms with van der Waals surface area (Å²) in [5.74, 6) is 0.863. The minimum Gasteiger partial charge on any atom is -0.356 e. The highest BCUT2D eigenvalue weighted by Gasteiger charge is 2.22. The number of aryl methyl sites for hydroxylation is 1. The van der Waals surface area contributed by atoms with Crippen molar-refractivity contribution in [3.05, 3.63) is 83.7 Å². The third-order valence-electron chi connectivity index (χ3n) is 5.90. The van der Waals surface area contributed by atoms with E-state index >= 15 is 0 Å². The van der Waals surface area contributed by atoms with Crippen LogP contribution in [0.15, 0.2) is 60.9 Å².